The Balaban J connectivity index is 1.49. The summed E-state index contributed by atoms with van der Waals surface area (Å²) in [6.07, 6.45) is 1.92. The number of carbonyl (C=O) groups is 1. The molecule has 0 unspecified atom stereocenters. The average Bonchev–Trinajstić information content (AvgIpc) is 3.27. The third kappa shape index (κ3) is 4.80. The van der Waals surface area contributed by atoms with E-state index in [-0.39, 0.29) is 12.5 Å². The molecule has 0 saturated carbocycles. The van der Waals surface area contributed by atoms with Gasteiger partial charge in [0.25, 0.3) is 5.91 Å². The van der Waals surface area contributed by atoms with Gasteiger partial charge in [-0.05, 0) is 24.3 Å². The molecule has 0 aliphatic rings. The van der Waals surface area contributed by atoms with E-state index in [1.54, 1.807) is 24.3 Å². The summed E-state index contributed by atoms with van der Waals surface area (Å²) in [5, 5.41) is 16.8. The van der Waals surface area contributed by atoms with Crippen molar-refractivity contribution in [3.63, 3.8) is 0 Å². The zero-order valence-electron chi connectivity index (χ0n) is 16.7. The fraction of sp³-hybridized carbons (Fsp3) is 0.0800. The Morgan fingerprint density at radius 1 is 0.968 bits per heavy atom. The van der Waals surface area contributed by atoms with E-state index in [0.717, 1.165) is 22.5 Å². The third-order valence-electron chi connectivity index (χ3n) is 4.70. The van der Waals surface area contributed by atoms with Crippen LogP contribution >= 0.6 is 0 Å². The maximum atomic E-state index is 12.4. The summed E-state index contributed by atoms with van der Waals surface area (Å²) < 4.78 is 7.32. The van der Waals surface area contributed by atoms with E-state index < -0.39 is 0 Å². The van der Waals surface area contributed by atoms with Gasteiger partial charge >= 0.3 is 0 Å². The molecule has 1 aromatic heterocycles. The first-order chi connectivity index (χ1) is 15.2. The minimum atomic E-state index is -0.279. The van der Waals surface area contributed by atoms with Gasteiger partial charge in [0, 0.05) is 23.9 Å². The molecule has 6 nitrogen and oxygen atoms in total. The van der Waals surface area contributed by atoms with E-state index in [9.17, 15) is 4.79 Å². The van der Waals surface area contributed by atoms with Crippen LogP contribution in [0.2, 0.25) is 0 Å². The van der Waals surface area contributed by atoms with E-state index in [1.165, 1.54) is 0 Å². The summed E-state index contributed by atoms with van der Waals surface area (Å²) in [6, 6.07) is 28.6. The second kappa shape index (κ2) is 9.42. The lowest BCUT2D eigenvalue weighted by atomic mass is 10.1. The normalized spacial score (nSPS) is 10.3. The molecular formula is C25H20N4O2. The number of nitrogens with one attached hydrogen (secondary N) is 1. The topological polar surface area (TPSA) is 79.9 Å². The molecule has 6 heteroatoms. The van der Waals surface area contributed by atoms with E-state index >= 15 is 0 Å². The van der Waals surface area contributed by atoms with Gasteiger partial charge in [0.2, 0.25) is 0 Å². The van der Waals surface area contributed by atoms with Crippen molar-refractivity contribution in [3.8, 4) is 28.8 Å². The SMILES string of the molecule is N#Cc1ccccc1OCC(=O)NCc1cn(-c2ccccc2)nc1-c1ccccc1. The highest BCUT2D eigenvalue weighted by atomic mass is 16.5. The first kappa shape index (κ1) is 19.9. The van der Waals surface area contributed by atoms with E-state index in [4.69, 9.17) is 15.1 Å². The molecule has 3 aromatic carbocycles. The highest BCUT2D eigenvalue weighted by Gasteiger charge is 2.14. The maximum absolute atomic E-state index is 12.4. The molecule has 1 amide bonds. The number of nitrogens with zero attached hydrogens (tertiary/aromatic N) is 3. The molecule has 0 atom stereocenters. The van der Waals surface area contributed by atoms with Crippen LogP contribution in [-0.2, 0) is 11.3 Å². The van der Waals surface area contributed by atoms with Crippen LogP contribution in [0.15, 0.2) is 91.1 Å². The fourth-order valence-electron chi connectivity index (χ4n) is 3.16. The van der Waals surface area contributed by atoms with Crippen molar-refractivity contribution in [3.05, 3.63) is 102 Å². The van der Waals surface area contributed by atoms with Gasteiger partial charge in [0.1, 0.15) is 11.8 Å². The van der Waals surface area contributed by atoms with Crippen LogP contribution in [-0.4, -0.2) is 22.3 Å². The number of nitriles is 1. The van der Waals surface area contributed by atoms with Gasteiger partial charge in [0.05, 0.1) is 16.9 Å². The Labute approximate surface area is 180 Å². The number of para-hydroxylation sites is 2. The molecule has 31 heavy (non-hydrogen) atoms. The van der Waals surface area contributed by atoms with E-state index in [1.807, 2.05) is 71.5 Å². The number of ether oxygens (including phenoxy) is 1. The van der Waals surface area contributed by atoms with E-state index in [0.29, 0.717) is 17.9 Å². The van der Waals surface area contributed by atoms with Gasteiger partial charge in [-0.2, -0.15) is 10.4 Å². The second-order valence-corrected chi connectivity index (χ2v) is 6.82. The predicted octanol–water partition coefficient (Wildman–Crippen LogP) is 4.11. The molecule has 4 rings (SSSR count). The molecule has 0 saturated heterocycles. The molecule has 1 N–H and O–H groups in total. The highest BCUT2D eigenvalue weighted by Crippen LogP contribution is 2.23. The van der Waals surface area contributed by atoms with Crippen molar-refractivity contribution in [1.29, 1.82) is 5.26 Å². The molecule has 0 fully saturated rings. The Morgan fingerprint density at radius 3 is 2.39 bits per heavy atom. The quantitative estimate of drug-likeness (QED) is 0.499. The zero-order valence-corrected chi connectivity index (χ0v) is 16.7. The molecule has 0 bridgehead atoms. The molecule has 0 spiro atoms. The molecule has 4 aromatic rings. The summed E-state index contributed by atoms with van der Waals surface area (Å²) in [4.78, 5) is 12.4. The third-order valence-corrected chi connectivity index (χ3v) is 4.70. The van der Waals surface area contributed by atoms with Crippen LogP contribution in [0.1, 0.15) is 11.1 Å². The molecule has 1 heterocycles. The Bertz CT molecular complexity index is 1210. The van der Waals surface area contributed by atoms with Gasteiger partial charge in [-0.15, -0.1) is 0 Å². The van der Waals surface area contributed by atoms with E-state index in [2.05, 4.69) is 11.4 Å². The summed E-state index contributed by atoms with van der Waals surface area (Å²) >= 11 is 0. The van der Waals surface area contributed by atoms with Gasteiger partial charge in [-0.1, -0.05) is 60.7 Å². The monoisotopic (exact) mass is 408 g/mol. The van der Waals surface area contributed by atoms with Crippen molar-refractivity contribution in [2.24, 2.45) is 0 Å². The number of amides is 1. The predicted molar refractivity (Wildman–Crippen MR) is 117 cm³/mol. The van der Waals surface area contributed by atoms with Gasteiger partial charge in [-0.25, -0.2) is 4.68 Å². The Kier molecular flexibility index (Phi) is 6.05. The fourth-order valence-corrected chi connectivity index (χ4v) is 3.16. The van der Waals surface area contributed by atoms with Crippen molar-refractivity contribution < 1.29 is 9.53 Å². The molecule has 0 aliphatic carbocycles. The number of aromatic nitrogens is 2. The minimum Gasteiger partial charge on any atom is -0.482 e. The lowest BCUT2D eigenvalue weighted by Gasteiger charge is -2.08. The summed E-state index contributed by atoms with van der Waals surface area (Å²) in [5.74, 6) is 0.112. The minimum absolute atomic E-state index is 0.174. The summed E-state index contributed by atoms with van der Waals surface area (Å²) in [7, 11) is 0. The Hall–Kier alpha value is -4.37. The largest absolute Gasteiger partial charge is 0.482 e. The first-order valence-corrected chi connectivity index (χ1v) is 9.82. The first-order valence-electron chi connectivity index (χ1n) is 9.82. The number of carbonyl (C=O) groups excluding carboxylic acids is 1. The maximum Gasteiger partial charge on any atom is 0.258 e. The number of hydrogen-bond donors (Lipinski definition) is 1. The number of benzene rings is 3. The van der Waals surface area contributed by atoms with Crippen LogP contribution in [0.5, 0.6) is 5.75 Å². The lowest BCUT2D eigenvalue weighted by molar-refractivity contribution is -0.123. The van der Waals surface area contributed by atoms with Crippen LogP contribution in [0.4, 0.5) is 0 Å². The van der Waals surface area contributed by atoms with Crippen molar-refractivity contribution >= 4 is 5.91 Å². The molecule has 0 radical (unpaired) electrons. The highest BCUT2D eigenvalue weighted by molar-refractivity contribution is 5.78. The average molecular weight is 408 g/mol. The molecule has 0 aliphatic heterocycles. The summed E-state index contributed by atoms with van der Waals surface area (Å²) in [5.41, 5.74) is 4.00. The van der Waals surface area contributed by atoms with Crippen molar-refractivity contribution in [1.82, 2.24) is 15.1 Å². The number of rotatable bonds is 7. The smallest absolute Gasteiger partial charge is 0.258 e. The standard InChI is InChI=1S/C25H20N4O2/c26-15-20-11-7-8-14-23(20)31-18-24(30)27-16-21-17-29(22-12-5-2-6-13-22)28-25(21)19-9-3-1-4-10-19/h1-14,17H,16,18H2,(H,27,30). The summed E-state index contributed by atoms with van der Waals surface area (Å²) in [6.45, 7) is 0.130. The Morgan fingerprint density at radius 2 is 1.65 bits per heavy atom. The van der Waals surface area contributed by atoms with Gasteiger partial charge < -0.3 is 10.1 Å². The van der Waals surface area contributed by atoms with Crippen LogP contribution in [0.25, 0.3) is 16.9 Å². The molecular weight excluding hydrogens is 388 g/mol. The lowest BCUT2D eigenvalue weighted by Crippen LogP contribution is -2.28. The second-order valence-electron chi connectivity index (χ2n) is 6.82. The zero-order chi connectivity index (χ0) is 21.5. The number of hydrogen-bond acceptors (Lipinski definition) is 4. The van der Waals surface area contributed by atoms with Crippen LogP contribution in [0, 0.1) is 11.3 Å². The van der Waals surface area contributed by atoms with Crippen LogP contribution in [0.3, 0.4) is 0 Å². The van der Waals surface area contributed by atoms with Crippen LogP contribution < -0.4 is 10.1 Å². The van der Waals surface area contributed by atoms with Gasteiger partial charge in [-0.3, -0.25) is 4.79 Å². The van der Waals surface area contributed by atoms with Gasteiger partial charge in [0.15, 0.2) is 6.61 Å². The van der Waals surface area contributed by atoms with Crippen molar-refractivity contribution in [2.45, 2.75) is 6.54 Å². The molecule has 152 valence electrons. The van der Waals surface area contributed by atoms with Crippen molar-refractivity contribution in [2.75, 3.05) is 6.61 Å².